The Hall–Kier alpha value is -9.66. The molecule has 5 amide bonds. The number of unbranched alkanes of at least 4 members (excludes halogenated alkanes) is 1. The molecule has 442 valence electrons. The highest BCUT2D eigenvalue weighted by atomic mass is 19.4. The Morgan fingerprint density at radius 1 is 0.833 bits per heavy atom. The monoisotopic (exact) mass is 1170 g/mol. The summed E-state index contributed by atoms with van der Waals surface area (Å²) < 4.78 is 76.6. The number of alkyl carbamates (subject to hydrolysis) is 1. The minimum Gasteiger partial charge on any atom is -0.493 e. The highest BCUT2D eigenvalue weighted by Crippen LogP contribution is 2.45. The number of nitro groups is 1. The molecule has 2 aromatic heterocycles. The van der Waals surface area contributed by atoms with Crippen molar-refractivity contribution in [3.63, 3.8) is 0 Å². The van der Waals surface area contributed by atoms with Crippen LogP contribution in [0.3, 0.4) is 0 Å². The van der Waals surface area contributed by atoms with Gasteiger partial charge < -0.3 is 44.4 Å². The Balaban J connectivity index is 0.686. The lowest BCUT2D eigenvalue weighted by molar-refractivity contribution is -0.386. The number of nitro benzene ring substituents is 1. The molecule has 84 heavy (non-hydrogen) atoms. The van der Waals surface area contributed by atoms with Crippen molar-refractivity contribution in [3.8, 4) is 34.3 Å². The number of imide groups is 1. The lowest BCUT2D eigenvalue weighted by Gasteiger charge is -2.18. The third-order valence-electron chi connectivity index (χ3n) is 13.2. The van der Waals surface area contributed by atoms with Gasteiger partial charge >= 0.3 is 18.4 Å². The van der Waals surface area contributed by atoms with Gasteiger partial charge in [-0.1, -0.05) is 64.9 Å². The van der Waals surface area contributed by atoms with E-state index < -0.39 is 64.4 Å². The molecule has 0 bridgehead atoms. The minimum absolute atomic E-state index is 0.00106. The molecule has 0 radical (unpaired) electrons. The van der Waals surface area contributed by atoms with Crippen LogP contribution in [0.5, 0.6) is 23.1 Å². The number of methoxy groups -OCH3 is 1. The van der Waals surface area contributed by atoms with Gasteiger partial charge in [0.25, 0.3) is 23.4 Å². The average Bonchev–Trinajstić information content (AvgIpc) is 3.68. The van der Waals surface area contributed by atoms with E-state index in [0.717, 1.165) is 40.1 Å². The summed E-state index contributed by atoms with van der Waals surface area (Å²) in [5.41, 5.74) is 3.32. The molecule has 3 heterocycles. The largest absolute Gasteiger partial charge is 0.534 e. The van der Waals surface area contributed by atoms with Gasteiger partial charge in [-0.15, -0.1) is 5.10 Å². The Labute approximate surface area is 477 Å². The maximum Gasteiger partial charge on any atom is 0.534 e. The van der Waals surface area contributed by atoms with E-state index in [1.54, 1.807) is 10.9 Å². The molecule has 24 nitrogen and oxygen atoms in total. The van der Waals surface area contributed by atoms with Crippen LogP contribution in [0.4, 0.5) is 28.4 Å². The van der Waals surface area contributed by atoms with Crippen LogP contribution < -0.4 is 30.2 Å². The van der Waals surface area contributed by atoms with E-state index >= 15 is 0 Å². The highest BCUT2D eigenvalue weighted by Gasteiger charge is 2.36. The van der Waals surface area contributed by atoms with Gasteiger partial charge in [0, 0.05) is 62.6 Å². The van der Waals surface area contributed by atoms with Crippen molar-refractivity contribution in [2.45, 2.75) is 83.2 Å². The molecule has 0 saturated carbocycles. The number of hydroxylamine groups is 2. The summed E-state index contributed by atoms with van der Waals surface area (Å²) in [6.07, 6.45) is -4.64. The minimum atomic E-state index is -4.83. The summed E-state index contributed by atoms with van der Waals surface area (Å²) in [5, 5.41) is 28.6. The Morgan fingerprint density at radius 3 is 2.29 bits per heavy atom. The second kappa shape index (κ2) is 28.4. The second-order valence-electron chi connectivity index (χ2n) is 19.1. The fourth-order valence-electron chi connectivity index (χ4n) is 9.11. The van der Waals surface area contributed by atoms with Gasteiger partial charge in [-0.05, 0) is 90.8 Å². The number of ether oxygens (including phenoxy) is 6. The van der Waals surface area contributed by atoms with Crippen LogP contribution >= 0.6 is 0 Å². The van der Waals surface area contributed by atoms with E-state index in [4.69, 9.17) is 28.4 Å². The number of alkyl halides is 3. The first-order valence-electron chi connectivity index (χ1n) is 26.6. The van der Waals surface area contributed by atoms with Crippen molar-refractivity contribution < 1.29 is 80.1 Å². The molecule has 6 aromatic rings. The maximum absolute atomic E-state index is 14.0. The molecule has 4 aromatic carbocycles. The zero-order chi connectivity index (χ0) is 59.8. The normalized spacial score (nSPS) is 13.1. The number of pyridine rings is 1. The molecule has 0 spiro atoms. The lowest BCUT2D eigenvalue weighted by Crippen LogP contribution is -2.32. The topological polar surface area (TPSA) is 293 Å². The highest BCUT2D eigenvalue weighted by molar-refractivity contribution is 6.01. The molecule has 1 atom stereocenters. The Kier molecular flexibility index (Phi) is 20.4. The van der Waals surface area contributed by atoms with Crippen molar-refractivity contribution in [2.75, 3.05) is 46.6 Å². The number of halogens is 3. The summed E-state index contributed by atoms with van der Waals surface area (Å²) in [7, 11) is 1.30. The first-order chi connectivity index (χ1) is 40.4. The number of carbonyl (C=O) groups is 6. The average molecular weight is 1170 g/mol. The number of hydrogen-bond acceptors (Lipinski definition) is 18. The van der Waals surface area contributed by atoms with Crippen LogP contribution in [0.2, 0.25) is 0 Å². The van der Waals surface area contributed by atoms with Gasteiger partial charge in [-0.2, -0.15) is 13.2 Å². The number of carbonyl (C=O) groups excluding carboxylic acids is 6. The van der Waals surface area contributed by atoms with Gasteiger partial charge in [-0.3, -0.25) is 34.1 Å². The number of fused-ring (bicyclic) bond motifs is 3. The molecule has 1 saturated heterocycles. The summed E-state index contributed by atoms with van der Waals surface area (Å²) in [5.74, 6) is -2.62. The quantitative estimate of drug-likeness (QED) is 0.0136. The van der Waals surface area contributed by atoms with Crippen molar-refractivity contribution in [1.29, 1.82) is 0 Å². The van der Waals surface area contributed by atoms with Crippen LogP contribution in [0.1, 0.15) is 101 Å². The molecule has 8 rings (SSSR count). The molecule has 27 heteroatoms. The van der Waals surface area contributed by atoms with Crippen LogP contribution in [0, 0.1) is 10.1 Å². The number of benzene rings is 4. The lowest BCUT2D eigenvalue weighted by atomic mass is 9.98. The first kappa shape index (κ1) is 60.4. The zero-order valence-corrected chi connectivity index (χ0v) is 45.5. The molecule has 1 fully saturated rings. The molecule has 2 aliphatic rings. The molecular formula is C57H58F3N9O15. The van der Waals surface area contributed by atoms with E-state index in [1.807, 2.05) is 48.5 Å². The molecule has 1 aliphatic heterocycles. The van der Waals surface area contributed by atoms with Crippen LogP contribution in [-0.2, 0) is 59.1 Å². The fourth-order valence-corrected chi connectivity index (χ4v) is 9.11. The summed E-state index contributed by atoms with van der Waals surface area (Å²) >= 11 is 0. The van der Waals surface area contributed by atoms with E-state index in [-0.39, 0.29) is 116 Å². The molecular weight excluding hydrogens is 1110 g/mol. The van der Waals surface area contributed by atoms with Crippen molar-refractivity contribution in [2.24, 2.45) is 0 Å². The number of hydrogen-bond donors (Lipinski definition) is 3. The van der Waals surface area contributed by atoms with Crippen molar-refractivity contribution >= 4 is 41.6 Å². The predicted octanol–water partition coefficient (Wildman–Crippen LogP) is 8.46. The second-order valence-corrected chi connectivity index (χ2v) is 19.1. The van der Waals surface area contributed by atoms with Gasteiger partial charge in [-0.25, -0.2) is 19.3 Å². The van der Waals surface area contributed by atoms with Crippen LogP contribution in [0.25, 0.3) is 11.1 Å². The fraction of sp³-hybridized carbons (Fsp3) is 0.351. The third kappa shape index (κ3) is 16.3. The zero-order valence-electron chi connectivity index (χ0n) is 45.5. The summed E-state index contributed by atoms with van der Waals surface area (Å²) in [4.78, 5) is 93.7. The third-order valence-corrected chi connectivity index (χ3v) is 13.2. The number of amides is 5. The van der Waals surface area contributed by atoms with E-state index in [9.17, 15) is 52.1 Å². The Bertz CT molecular complexity index is 3320. The standard InChI is InChI=1S/C57H58F3N9O15/c1-35(82-56(75)84-68-52(71)19-20-53(68)72)44-30-47(78-2)48(31-46(44)69(76)77)80-24-10-18-50(70)61-22-25-79-26-23-67-33-38(65-66-67)12-7-8-21-62-54(73)37-11-9-13-39(29-37)83-51-28-36(27-49(64-51)57(58,59)60)32-63-55(74)81-34-45-42-16-5-3-14-40(42)41-15-4-6-17-43(41)45/h3-6,9,11,13-17,27-31,33,35,45H,7-8,10,12,18-26,32,34H2,1-2H3,(H,61,70)(H,62,73)(H,63,74). The summed E-state index contributed by atoms with van der Waals surface area (Å²) in [6.45, 7) is 2.47. The van der Waals surface area contributed by atoms with Gasteiger partial charge in [0.1, 0.15) is 24.2 Å². The van der Waals surface area contributed by atoms with E-state index in [1.165, 1.54) is 50.4 Å². The number of nitrogens with zero attached hydrogens (tertiary/aromatic N) is 6. The SMILES string of the molecule is COc1cc(C(C)OC(=O)ON2C(=O)CCC2=O)c([N+](=O)[O-])cc1OCCCC(=O)NCCOCCn1cc(CCCCNC(=O)c2cccc(Oc3cc(CNC(=O)OCC4c5ccccc5-c5ccccc54)cc(C(F)(F)F)n3)c2)nn1. The van der Waals surface area contributed by atoms with Crippen LogP contribution in [0.15, 0.2) is 103 Å². The number of aromatic nitrogens is 4. The molecule has 3 N–H and O–H groups in total. The number of rotatable bonds is 28. The van der Waals surface area contributed by atoms with Gasteiger partial charge in [0.2, 0.25) is 11.8 Å². The van der Waals surface area contributed by atoms with Gasteiger partial charge in [0.05, 0.1) is 55.7 Å². The maximum atomic E-state index is 14.0. The molecule has 1 aliphatic carbocycles. The van der Waals surface area contributed by atoms with Crippen LogP contribution in [-0.4, -0.2) is 112 Å². The van der Waals surface area contributed by atoms with Crippen molar-refractivity contribution in [1.82, 2.24) is 41.0 Å². The molecule has 1 unspecified atom stereocenters. The number of aryl methyl sites for hydroxylation is 1. The summed E-state index contributed by atoms with van der Waals surface area (Å²) in [6, 6.07) is 26.0. The van der Waals surface area contributed by atoms with Crippen molar-refractivity contribution in [3.05, 3.63) is 153 Å². The predicted molar refractivity (Wildman–Crippen MR) is 288 cm³/mol. The van der Waals surface area contributed by atoms with E-state index in [0.29, 0.717) is 32.4 Å². The van der Waals surface area contributed by atoms with E-state index in [2.05, 4.69) is 36.1 Å². The number of nitrogens with one attached hydrogen (secondary N) is 3. The van der Waals surface area contributed by atoms with Gasteiger partial charge in [0.15, 0.2) is 11.5 Å². The Morgan fingerprint density at radius 2 is 1.57 bits per heavy atom. The first-order valence-corrected chi connectivity index (χ1v) is 26.6. The smallest absolute Gasteiger partial charge is 0.493 e.